The lowest BCUT2D eigenvalue weighted by Gasteiger charge is -2.06. The number of aromatic nitrogens is 2. The van der Waals surface area contributed by atoms with Crippen LogP contribution in [0.2, 0.25) is 5.02 Å². The van der Waals surface area contributed by atoms with Gasteiger partial charge in [-0.3, -0.25) is 9.78 Å². The van der Waals surface area contributed by atoms with Gasteiger partial charge in [-0.15, -0.1) is 11.3 Å². The van der Waals surface area contributed by atoms with Gasteiger partial charge >= 0.3 is 0 Å². The van der Waals surface area contributed by atoms with Crippen molar-refractivity contribution in [3.8, 4) is 10.6 Å². The number of fused-ring (bicyclic) bond motifs is 1. The van der Waals surface area contributed by atoms with E-state index in [2.05, 4.69) is 15.3 Å². The number of hydrogen-bond donors (Lipinski definition) is 1. The Balaban J connectivity index is 1.63. The molecule has 1 amide bonds. The number of anilines is 1. The van der Waals surface area contributed by atoms with Gasteiger partial charge < -0.3 is 5.32 Å². The predicted octanol–water partition coefficient (Wildman–Crippen LogP) is 5.26. The van der Waals surface area contributed by atoms with Gasteiger partial charge in [-0.25, -0.2) is 4.98 Å². The van der Waals surface area contributed by atoms with Crippen molar-refractivity contribution >= 4 is 45.4 Å². The number of thiazole rings is 1. The van der Waals surface area contributed by atoms with Gasteiger partial charge in [0.2, 0.25) is 0 Å². The minimum Gasteiger partial charge on any atom is -0.321 e. The van der Waals surface area contributed by atoms with E-state index in [1.807, 2.05) is 48.5 Å². The number of amides is 1. The van der Waals surface area contributed by atoms with E-state index >= 15 is 0 Å². The second kappa shape index (κ2) is 6.63. The highest BCUT2D eigenvalue weighted by Crippen LogP contribution is 2.31. The third-order valence-corrected chi connectivity index (χ3v) is 5.09. The molecular weight excluding hydrogens is 354 g/mol. The molecule has 2 aromatic carbocycles. The molecule has 0 aliphatic carbocycles. The molecule has 122 valence electrons. The monoisotopic (exact) mass is 365 g/mol. The minimum absolute atomic E-state index is 0.202. The van der Waals surface area contributed by atoms with Crippen molar-refractivity contribution in [3.63, 3.8) is 0 Å². The third kappa shape index (κ3) is 3.12. The highest BCUT2D eigenvalue weighted by molar-refractivity contribution is 7.17. The molecule has 2 aromatic heterocycles. The van der Waals surface area contributed by atoms with E-state index in [1.54, 1.807) is 18.5 Å². The van der Waals surface area contributed by atoms with Crippen LogP contribution in [0.1, 0.15) is 9.67 Å². The Morgan fingerprint density at radius 3 is 2.76 bits per heavy atom. The minimum atomic E-state index is -0.202. The molecule has 4 aromatic rings. The largest absolute Gasteiger partial charge is 0.321 e. The number of pyridine rings is 1. The fourth-order valence-electron chi connectivity index (χ4n) is 2.53. The first-order chi connectivity index (χ1) is 12.2. The topological polar surface area (TPSA) is 54.9 Å². The maximum absolute atomic E-state index is 12.6. The van der Waals surface area contributed by atoms with Gasteiger partial charge in [0.1, 0.15) is 9.88 Å². The second-order valence-electron chi connectivity index (χ2n) is 5.34. The van der Waals surface area contributed by atoms with E-state index in [4.69, 9.17) is 11.6 Å². The van der Waals surface area contributed by atoms with Crippen LogP contribution in [0.4, 0.5) is 5.69 Å². The van der Waals surface area contributed by atoms with E-state index in [0.29, 0.717) is 9.90 Å². The summed E-state index contributed by atoms with van der Waals surface area (Å²) in [6.45, 7) is 0. The standard InChI is InChI=1S/C19H12ClN3OS/c20-14-7-2-1-5-12(14)19-22-11-17(25-19)18(24)23-16-9-3-8-15-13(16)6-4-10-21-15/h1-11H,(H,23,24). The van der Waals surface area contributed by atoms with Crippen molar-refractivity contribution in [2.24, 2.45) is 0 Å². The number of halogens is 1. The number of hydrogen-bond acceptors (Lipinski definition) is 4. The number of rotatable bonds is 3. The van der Waals surface area contributed by atoms with E-state index in [9.17, 15) is 4.79 Å². The van der Waals surface area contributed by atoms with Crippen molar-refractivity contribution in [2.75, 3.05) is 5.32 Å². The summed E-state index contributed by atoms with van der Waals surface area (Å²) in [4.78, 5) is 21.8. The predicted molar refractivity (Wildman–Crippen MR) is 102 cm³/mol. The molecule has 0 aliphatic rings. The van der Waals surface area contributed by atoms with E-state index in [1.165, 1.54) is 11.3 Å². The van der Waals surface area contributed by atoms with E-state index < -0.39 is 0 Å². The van der Waals surface area contributed by atoms with Crippen LogP contribution < -0.4 is 5.32 Å². The van der Waals surface area contributed by atoms with Crippen LogP contribution in [-0.4, -0.2) is 15.9 Å². The summed E-state index contributed by atoms with van der Waals surface area (Å²) >= 11 is 7.51. The maximum Gasteiger partial charge on any atom is 0.267 e. The van der Waals surface area contributed by atoms with Gasteiger partial charge in [0.05, 0.1) is 22.4 Å². The average molecular weight is 366 g/mol. The lowest BCUT2D eigenvalue weighted by atomic mass is 10.2. The summed E-state index contributed by atoms with van der Waals surface area (Å²) < 4.78 is 0. The average Bonchev–Trinajstić information content (AvgIpc) is 3.12. The van der Waals surface area contributed by atoms with Gasteiger partial charge in [0, 0.05) is 17.1 Å². The molecule has 0 atom stereocenters. The zero-order valence-corrected chi connectivity index (χ0v) is 14.5. The molecule has 0 saturated heterocycles. The molecule has 0 aliphatic heterocycles. The number of nitrogens with zero attached hydrogens (tertiary/aromatic N) is 2. The molecule has 0 unspecified atom stereocenters. The fourth-order valence-corrected chi connectivity index (χ4v) is 3.67. The van der Waals surface area contributed by atoms with Gasteiger partial charge in [-0.05, 0) is 30.3 Å². The molecule has 0 radical (unpaired) electrons. The third-order valence-electron chi connectivity index (χ3n) is 3.73. The molecule has 1 N–H and O–H groups in total. The molecule has 0 spiro atoms. The number of carbonyl (C=O) groups excluding carboxylic acids is 1. The summed E-state index contributed by atoms with van der Waals surface area (Å²) in [5, 5.41) is 5.17. The molecule has 25 heavy (non-hydrogen) atoms. The smallest absolute Gasteiger partial charge is 0.267 e. The van der Waals surface area contributed by atoms with Gasteiger partial charge in [0.15, 0.2) is 0 Å². The molecule has 2 heterocycles. The quantitative estimate of drug-likeness (QED) is 0.538. The van der Waals surface area contributed by atoms with Gasteiger partial charge in [-0.2, -0.15) is 0 Å². The zero-order chi connectivity index (χ0) is 17.2. The fraction of sp³-hybridized carbons (Fsp3) is 0. The van der Waals surface area contributed by atoms with Crippen LogP contribution in [-0.2, 0) is 0 Å². The Morgan fingerprint density at radius 2 is 1.88 bits per heavy atom. The number of nitrogens with one attached hydrogen (secondary N) is 1. The Bertz CT molecular complexity index is 1070. The Kier molecular flexibility index (Phi) is 4.17. The van der Waals surface area contributed by atoms with Crippen LogP contribution in [0.3, 0.4) is 0 Å². The zero-order valence-electron chi connectivity index (χ0n) is 12.9. The molecule has 0 fully saturated rings. The first-order valence-corrected chi connectivity index (χ1v) is 8.77. The highest BCUT2D eigenvalue weighted by Gasteiger charge is 2.14. The molecule has 0 saturated carbocycles. The molecule has 4 nitrogen and oxygen atoms in total. The first kappa shape index (κ1) is 15.7. The normalized spacial score (nSPS) is 10.8. The number of benzene rings is 2. The summed E-state index contributed by atoms with van der Waals surface area (Å²) in [6, 6.07) is 16.9. The SMILES string of the molecule is O=C(Nc1cccc2ncccc12)c1cnc(-c2ccccc2Cl)s1. The Labute approximate surface area is 153 Å². The van der Waals surface area contributed by atoms with E-state index in [-0.39, 0.29) is 5.91 Å². The van der Waals surface area contributed by atoms with Crippen LogP contribution in [0.25, 0.3) is 21.5 Å². The molecule has 0 bridgehead atoms. The van der Waals surface area contributed by atoms with Crippen LogP contribution in [0.5, 0.6) is 0 Å². The van der Waals surface area contributed by atoms with Crippen molar-refractivity contribution < 1.29 is 4.79 Å². The van der Waals surface area contributed by atoms with Crippen LogP contribution in [0.15, 0.2) is 67.0 Å². The van der Waals surface area contributed by atoms with Crippen molar-refractivity contribution in [1.82, 2.24) is 9.97 Å². The van der Waals surface area contributed by atoms with Crippen LogP contribution >= 0.6 is 22.9 Å². The van der Waals surface area contributed by atoms with Gasteiger partial charge in [0.25, 0.3) is 5.91 Å². The van der Waals surface area contributed by atoms with Crippen LogP contribution in [0, 0.1) is 0 Å². The summed E-state index contributed by atoms with van der Waals surface area (Å²) in [7, 11) is 0. The lowest BCUT2D eigenvalue weighted by molar-refractivity contribution is 0.103. The van der Waals surface area contributed by atoms with Crippen molar-refractivity contribution in [2.45, 2.75) is 0 Å². The molecule has 4 rings (SSSR count). The summed E-state index contributed by atoms with van der Waals surface area (Å²) in [6.07, 6.45) is 3.30. The number of carbonyl (C=O) groups is 1. The van der Waals surface area contributed by atoms with Crippen molar-refractivity contribution in [1.29, 1.82) is 0 Å². The highest BCUT2D eigenvalue weighted by atomic mass is 35.5. The Morgan fingerprint density at radius 1 is 1.00 bits per heavy atom. The second-order valence-corrected chi connectivity index (χ2v) is 6.78. The maximum atomic E-state index is 12.6. The first-order valence-electron chi connectivity index (χ1n) is 7.58. The van der Waals surface area contributed by atoms with Gasteiger partial charge in [-0.1, -0.05) is 35.9 Å². The lowest BCUT2D eigenvalue weighted by Crippen LogP contribution is -2.10. The summed E-state index contributed by atoms with van der Waals surface area (Å²) in [5.74, 6) is -0.202. The molecule has 6 heteroatoms. The van der Waals surface area contributed by atoms with Crippen molar-refractivity contribution in [3.05, 3.63) is 76.9 Å². The molecular formula is C19H12ClN3OS. The summed E-state index contributed by atoms with van der Waals surface area (Å²) in [5.41, 5.74) is 2.38. The Hall–Kier alpha value is -2.76. The van der Waals surface area contributed by atoms with E-state index in [0.717, 1.165) is 27.2 Å².